The van der Waals surface area contributed by atoms with Gasteiger partial charge in [0.15, 0.2) is 14.6 Å². The van der Waals surface area contributed by atoms with Gasteiger partial charge in [0.2, 0.25) is 0 Å². The zero-order chi connectivity index (χ0) is 34.7. The van der Waals surface area contributed by atoms with E-state index in [4.69, 9.17) is 23.4 Å². The molecule has 46 heavy (non-hydrogen) atoms. The molecule has 0 radical (unpaired) electrons. The monoisotopic (exact) mass is 657 g/mol. The standard InChI is InChI=1S/C37H59NO7Si/c1-13-41-30(6)44-37(10)23-22-31(45-46(11,12)36(7,8)9)25-34(40)43-35(28(4)20-21-33(37)42-29(5)39)27(3)18-16-17-26(2)32-19-14-15-24-38-32/h14-21,24,26,28,30-31,33,35H,13,22-23,25H2,1-12H3/b17-16+,21-20-,27-18+/t26-,28+,30?,31-,33+,35-,37-/m1/s1. The van der Waals surface area contributed by atoms with Crippen molar-refractivity contribution >= 4 is 20.3 Å². The predicted molar refractivity (Wildman–Crippen MR) is 186 cm³/mol. The number of hydrogen-bond acceptors (Lipinski definition) is 8. The van der Waals surface area contributed by atoms with Gasteiger partial charge in [0.1, 0.15) is 17.8 Å². The topological polar surface area (TPSA) is 93.2 Å². The number of esters is 2. The Morgan fingerprint density at radius 1 is 1.20 bits per heavy atom. The maximum absolute atomic E-state index is 13.6. The van der Waals surface area contributed by atoms with Crippen molar-refractivity contribution in [2.24, 2.45) is 5.92 Å². The van der Waals surface area contributed by atoms with E-state index < -0.39 is 44.5 Å². The van der Waals surface area contributed by atoms with Gasteiger partial charge in [-0.25, -0.2) is 0 Å². The molecule has 1 aliphatic rings. The Labute approximate surface area is 279 Å². The van der Waals surface area contributed by atoms with Crippen LogP contribution in [0.5, 0.6) is 0 Å². The molecule has 1 aromatic heterocycles. The predicted octanol–water partition coefficient (Wildman–Crippen LogP) is 8.46. The maximum atomic E-state index is 13.6. The lowest BCUT2D eigenvalue weighted by molar-refractivity contribution is -0.227. The van der Waals surface area contributed by atoms with Gasteiger partial charge in [-0.15, -0.1) is 0 Å². The lowest BCUT2D eigenvalue weighted by atomic mass is 9.88. The number of aromatic nitrogens is 1. The highest BCUT2D eigenvalue weighted by molar-refractivity contribution is 6.74. The van der Waals surface area contributed by atoms with Crippen LogP contribution in [0, 0.1) is 5.92 Å². The lowest BCUT2D eigenvalue weighted by Gasteiger charge is -2.42. The number of carbonyl (C=O) groups excluding carboxylic acids is 2. The van der Waals surface area contributed by atoms with Gasteiger partial charge < -0.3 is 23.4 Å². The fourth-order valence-electron chi connectivity index (χ4n) is 5.29. The molecule has 0 fully saturated rings. The molecule has 0 saturated carbocycles. The molecule has 0 aromatic carbocycles. The first-order valence-corrected chi connectivity index (χ1v) is 19.6. The molecule has 0 bridgehead atoms. The summed E-state index contributed by atoms with van der Waals surface area (Å²) in [4.78, 5) is 30.4. The molecule has 258 valence electrons. The van der Waals surface area contributed by atoms with Crippen LogP contribution in [-0.2, 0) is 33.0 Å². The van der Waals surface area contributed by atoms with Gasteiger partial charge >= 0.3 is 11.9 Å². The second-order valence-electron chi connectivity index (χ2n) is 14.2. The Kier molecular flexibility index (Phi) is 15.1. The smallest absolute Gasteiger partial charge is 0.308 e. The number of carbonyl (C=O) groups is 2. The van der Waals surface area contributed by atoms with Crippen LogP contribution >= 0.6 is 0 Å². The molecule has 2 heterocycles. The molecule has 7 atom stereocenters. The van der Waals surface area contributed by atoms with Crippen molar-refractivity contribution in [3.8, 4) is 0 Å². The third kappa shape index (κ3) is 12.2. The first-order chi connectivity index (χ1) is 21.4. The number of pyridine rings is 1. The third-order valence-electron chi connectivity index (χ3n) is 9.04. The lowest BCUT2D eigenvalue weighted by Crippen LogP contribution is -2.48. The van der Waals surface area contributed by atoms with E-state index in [-0.39, 0.29) is 29.3 Å². The van der Waals surface area contributed by atoms with Crippen molar-refractivity contribution < 1.29 is 33.0 Å². The zero-order valence-electron chi connectivity index (χ0n) is 30.3. The van der Waals surface area contributed by atoms with E-state index in [0.29, 0.717) is 19.4 Å². The summed E-state index contributed by atoms with van der Waals surface area (Å²) in [6.45, 7) is 24.5. The fraction of sp³-hybridized carbons (Fsp3) is 0.649. The van der Waals surface area contributed by atoms with Crippen LogP contribution in [0.2, 0.25) is 18.1 Å². The second kappa shape index (κ2) is 17.5. The Morgan fingerprint density at radius 2 is 1.89 bits per heavy atom. The first kappa shape index (κ1) is 39.6. The van der Waals surface area contributed by atoms with Gasteiger partial charge in [0.25, 0.3) is 0 Å². The molecule has 9 heteroatoms. The number of rotatable bonds is 11. The normalized spacial score (nSPS) is 27.7. The average molecular weight is 658 g/mol. The highest BCUT2D eigenvalue weighted by Gasteiger charge is 2.43. The van der Waals surface area contributed by atoms with E-state index >= 15 is 0 Å². The van der Waals surface area contributed by atoms with E-state index in [1.165, 1.54) is 6.92 Å². The Hall–Kier alpha value is -2.59. The Bertz CT molecular complexity index is 1210. The molecule has 0 N–H and O–H groups in total. The maximum Gasteiger partial charge on any atom is 0.308 e. The summed E-state index contributed by atoms with van der Waals surface area (Å²) < 4.78 is 31.2. The van der Waals surface area contributed by atoms with Crippen molar-refractivity contribution in [2.45, 2.75) is 143 Å². The van der Waals surface area contributed by atoms with Crippen LogP contribution in [0.4, 0.5) is 0 Å². The molecule has 1 aliphatic heterocycles. The molecule has 2 rings (SSSR count). The highest BCUT2D eigenvalue weighted by Crippen LogP contribution is 2.39. The summed E-state index contributed by atoms with van der Waals surface area (Å²) in [5.74, 6) is -0.827. The van der Waals surface area contributed by atoms with Crippen LogP contribution in [0.15, 0.2) is 60.3 Å². The summed E-state index contributed by atoms with van der Waals surface area (Å²) in [7, 11) is -2.25. The molecular formula is C37H59NO7Si. The Balaban J connectivity index is 2.55. The largest absolute Gasteiger partial charge is 0.457 e. The van der Waals surface area contributed by atoms with Gasteiger partial charge in [-0.1, -0.05) is 65.0 Å². The minimum atomic E-state index is -2.25. The first-order valence-electron chi connectivity index (χ1n) is 16.7. The SMILES string of the molecule is CCOC(C)O[C@]1(C)CC[C@@H](O[Si](C)(C)C(C)(C)C)CC(=O)O[C@H](/C(C)=C/C=C/[C@@H](C)c2ccccn2)[C@@H](C)/C=C\[C@@H]1OC(C)=O. The van der Waals surface area contributed by atoms with Gasteiger partial charge in [0.05, 0.1) is 12.5 Å². The summed E-state index contributed by atoms with van der Waals surface area (Å²) >= 11 is 0. The second-order valence-corrected chi connectivity index (χ2v) is 19.0. The van der Waals surface area contributed by atoms with Crippen molar-refractivity contribution in [3.05, 3.63) is 66.0 Å². The van der Waals surface area contributed by atoms with E-state index in [2.05, 4.69) is 51.8 Å². The molecule has 0 spiro atoms. The summed E-state index contributed by atoms with van der Waals surface area (Å²) in [5.41, 5.74) is 0.924. The molecule has 0 aliphatic carbocycles. The van der Waals surface area contributed by atoms with E-state index in [1.807, 2.05) is 77.1 Å². The van der Waals surface area contributed by atoms with Gasteiger partial charge in [-0.3, -0.25) is 14.6 Å². The molecule has 1 unspecified atom stereocenters. The van der Waals surface area contributed by atoms with E-state index in [9.17, 15) is 9.59 Å². The van der Waals surface area contributed by atoms with Crippen molar-refractivity contribution in [1.29, 1.82) is 0 Å². The minimum absolute atomic E-state index is 0.0536. The van der Waals surface area contributed by atoms with Crippen LogP contribution < -0.4 is 0 Å². The number of cyclic esters (lactones) is 1. The number of nitrogens with zero attached hydrogens (tertiary/aromatic N) is 1. The van der Waals surface area contributed by atoms with Crippen LogP contribution in [-0.4, -0.2) is 62.0 Å². The summed E-state index contributed by atoms with van der Waals surface area (Å²) in [6, 6.07) is 5.88. The number of ether oxygens (including phenoxy) is 4. The summed E-state index contributed by atoms with van der Waals surface area (Å²) in [6.07, 6.45) is 10.5. The molecule has 1 aromatic rings. The van der Waals surface area contributed by atoms with Gasteiger partial charge in [0, 0.05) is 37.3 Å². The Morgan fingerprint density at radius 3 is 2.48 bits per heavy atom. The van der Waals surface area contributed by atoms with Crippen molar-refractivity contribution in [2.75, 3.05) is 6.61 Å². The average Bonchev–Trinajstić information content (AvgIpc) is 2.95. The molecular weight excluding hydrogens is 598 g/mol. The third-order valence-corrected chi connectivity index (χ3v) is 13.6. The number of allylic oxidation sites excluding steroid dienone is 3. The minimum Gasteiger partial charge on any atom is -0.457 e. The highest BCUT2D eigenvalue weighted by atomic mass is 28.4. The van der Waals surface area contributed by atoms with E-state index in [1.54, 1.807) is 6.20 Å². The van der Waals surface area contributed by atoms with Crippen LogP contribution in [0.1, 0.15) is 100 Å². The quantitative estimate of drug-likeness (QED) is 0.0770. The number of hydrogen-bond donors (Lipinski definition) is 0. The van der Waals surface area contributed by atoms with Crippen LogP contribution in [0.25, 0.3) is 0 Å². The fourth-order valence-corrected chi connectivity index (χ4v) is 6.67. The van der Waals surface area contributed by atoms with E-state index in [0.717, 1.165) is 11.3 Å². The van der Waals surface area contributed by atoms with Crippen molar-refractivity contribution in [1.82, 2.24) is 4.98 Å². The summed E-state index contributed by atoms with van der Waals surface area (Å²) in [5, 5.41) is -0.0536. The molecule has 0 amide bonds. The molecule has 0 saturated heterocycles. The van der Waals surface area contributed by atoms with Crippen molar-refractivity contribution in [3.63, 3.8) is 0 Å². The molecule has 8 nitrogen and oxygen atoms in total. The van der Waals surface area contributed by atoms with Crippen LogP contribution in [0.3, 0.4) is 0 Å². The van der Waals surface area contributed by atoms with Gasteiger partial charge in [-0.05, 0) is 82.5 Å². The zero-order valence-corrected chi connectivity index (χ0v) is 31.3. The van der Waals surface area contributed by atoms with Gasteiger partial charge in [-0.2, -0.15) is 0 Å².